The van der Waals surface area contributed by atoms with E-state index in [9.17, 15) is 18.5 Å². The second kappa shape index (κ2) is 7.05. The van der Waals surface area contributed by atoms with Crippen molar-refractivity contribution in [3.8, 4) is 0 Å². The molecule has 1 unspecified atom stereocenters. The molecular weight excluding hydrogens is 354 g/mol. The van der Waals surface area contributed by atoms with E-state index in [1.54, 1.807) is 0 Å². The molecule has 0 radical (unpaired) electrons. The van der Waals surface area contributed by atoms with Crippen LogP contribution in [-0.2, 0) is 10.0 Å². The minimum atomic E-state index is -3.97. The van der Waals surface area contributed by atoms with Crippen molar-refractivity contribution in [2.24, 2.45) is 0 Å². The number of hydrogen-bond acceptors (Lipinski definition) is 5. The first-order valence-electron chi connectivity index (χ1n) is 8.35. The van der Waals surface area contributed by atoms with Crippen LogP contribution in [0.5, 0.6) is 0 Å². The summed E-state index contributed by atoms with van der Waals surface area (Å²) in [6, 6.07) is 12.9. The van der Waals surface area contributed by atoms with Gasteiger partial charge in [-0.1, -0.05) is 24.3 Å². The van der Waals surface area contributed by atoms with Gasteiger partial charge in [0.25, 0.3) is 5.69 Å². The molecule has 26 heavy (non-hydrogen) atoms. The van der Waals surface area contributed by atoms with Gasteiger partial charge in [-0.15, -0.1) is 0 Å². The van der Waals surface area contributed by atoms with E-state index in [-0.39, 0.29) is 16.6 Å². The van der Waals surface area contributed by atoms with Crippen molar-refractivity contribution in [1.82, 2.24) is 4.31 Å². The molecule has 3 rings (SSSR count). The van der Waals surface area contributed by atoms with Crippen molar-refractivity contribution in [3.63, 3.8) is 0 Å². The van der Waals surface area contributed by atoms with Crippen molar-refractivity contribution in [2.75, 3.05) is 25.5 Å². The molecule has 0 N–H and O–H groups in total. The first-order chi connectivity index (χ1) is 12.3. The van der Waals surface area contributed by atoms with E-state index < -0.39 is 14.9 Å². The molecule has 0 aromatic heterocycles. The standard InChI is InChI=1S/C18H21N3O4S/c1-19(2)15-8-5-7-14(13-15)16-10-6-12-20(16)26(24,25)18-11-4-3-9-17(18)21(22)23/h3-5,7-9,11,13,16H,6,10,12H2,1-2H3. The van der Waals surface area contributed by atoms with Gasteiger partial charge in [0, 0.05) is 32.4 Å². The van der Waals surface area contributed by atoms with E-state index in [0.717, 1.165) is 17.7 Å². The van der Waals surface area contributed by atoms with Crippen molar-refractivity contribution in [1.29, 1.82) is 0 Å². The van der Waals surface area contributed by atoms with Crippen molar-refractivity contribution >= 4 is 21.4 Å². The summed E-state index contributed by atoms with van der Waals surface area (Å²) < 4.78 is 27.7. The molecule has 138 valence electrons. The second-order valence-corrected chi connectivity index (χ2v) is 8.35. The van der Waals surface area contributed by atoms with Gasteiger partial charge in [0.05, 0.1) is 11.0 Å². The number of nitro benzene ring substituents is 1. The van der Waals surface area contributed by atoms with E-state index in [0.29, 0.717) is 13.0 Å². The molecule has 2 aromatic carbocycles. The number of anilines is 1. The molecule has 1 heterocycles. The molecule has 0 saturated carbocycles. The number of rotatable bonds is 5. The minimum Gasteiger partial charge on any atom is -0.378 e. The van der Waals surface area contributed by atoms with Gasteiger partial charge in [-0.3, -0.25) is 10.1 Å². The van der Waals surface area contributed by atoms with Crippen molar-refractivity contribution in [2.45, 2.75) is 23.8 Å². The van der Waals surface area contributed by atoms with Crippen LogP contribution in [0.4, 0.5) is 11.4 Å². The maximum absolute atomic E-state index is 13.2. The fraction of sp³-hybridized carbons (Fsp3) is 0.333. The number of para-hydroxylation sites is 1. The molecule has 1 atom stereocenters. The molecule has 1 saturated heterocycles. The van der Waals surface area contributed by atoms with Gasteiger partial charge in [0.2, 0.25) is 10.0 Å². The zero-order chi connectivity index (χ0) is 18.9. The average molecular weight is 375 g/mol. The van der Waals surface area contributed by atoms with Gasteiger partial charge < -0.3 is 4.90 Å². The lowest BCUT2D eigenvalue weighted by molar-refractivity contribution is -0.387. The topological polar surface area (TPSA) is 83.8 Å². The molecule has 8 heteroatoms. The smallest absolute Gasteiger partial charge is 0.289 e. The number of benzene rings is 2. The van der Waals surface area contributed by atoms with E-state index in [1.165, 1.54) is 28.6 Å². The summed E-state index contributed by atoms with van der Waals surface area (Å²) in [4.78, 5) is 12.3. The first kappa shape index (κ1) is 18.3. The summed E-state index contributed by atoms with van der Waals surface area (Å²) in [6.45, 7) is 0.352. The fourth-order valence-corrected chi connectivity index (χ4v) is 5.17. The predicted molar refractivity (Wildman–Crippen MR) is 99.7 cm³/mol. The highest BCUT2D eigenvalue weighted by molar-refractivity contribution is 7.89. The van der Waals surface area contributed by atoms with E-state index >= 15 is 0 Å². The van der Waals surface area contributed by atoms with Crippen LogP contribution < -0.4 is 4.90 Å². The largest absolute Gasteiger partial charge is 0.378 e. The monoisotopic (exact) mass is 375 g/mol. The predicted octanol–water partition coefficient (Wildman–Crippen LogP) is 3.19. The lowest BCUT2D eigenvalue weighted by atomic mass is 10.0. The minimum absolute atomic E-state index is 0.249. The highest BCUT2D eigenvalue weighted by Gasteiger charge is 2.39. The molecule has 0 bridgehead atoms. The van der Waals surface area contributed by atoms with Gasteiger partial charge in [-0.25, -0.2) is 8.42 Å². The lowest BCUT2D eigenvalue weighted by Gasteiger charge is -2.25. The maximum Gasteiger partial charge on any atom is 0.289 e. The van der Waals surface area contributed by atoms with Crippen LogP contribution in [0.3, 0.4) is 0 Å². The Bertz CT molecular complexity index is 928. The summed E-state index contributed by atoms with van der Waals surface area (Å²) in [6.07, 6.45) is 1.41. The zero-order valence-corrected chi connectivity index (χ0v) is 15.5. The van der Waals surface area contributed by atoms with Crippen LogP contribution in [0.1, 0.15) is 24.4 Å². The molecule has 1 fully saturated rings. The number of nitrogens with zero attached hydrogens (tertiary/aromatic N) is 3. The maximum atomic E-state index is 13.2. The van der Waals surface area contributed by atoms with Gasteiger partial charge in [0.1, 0.15) is 0 Å². The molecular formula is C18H21N3O4S. The van der Waals surface area contributed by atoms with Crippen LogP contribution in [0.2, 0.25) is 0 Å². The SMILES string of the molecule is CN(C)c1cccc(C2CCCN2S(=O)(=O)c2ccccc2[N+](=O)[O-])c1. The number of hydrogen-bond donors (Lipinski definition) is 0. The highest BCUT2D eigenvalue weighted by Crippen LogP contribution is 2.39. The quantitative estimate of drug-likeness (QED) is 0.592. The Morgan fingerprint density at radius 2 is 1.88 bits per heavy atom. The molecule has 0 aliphatic carbocycles. The summed E-state index contributed by atoms with van der Waals surface area (Å²) in [7, 11) is -0.114. The molecule has 2 aromatic rings. The van der Waals surface area contributed by atoms with E-state index in [4.69, 9.17) is 0 Å². The summed E-state index contributed by atoms with van der Waals surface area (Å²) in [5, 5.41) is 11.3. The number of sulfonamides is 1. The van der Waals surface area contributed by atoms with Gasteiger partial charge in [-0.2, -0.15) is 4.31 Å². The van der Waals surface area contributed by atoms with Crippen LogP contribution in [-0.4, -0.2) is 38.3 Å². The Balaban J connectivity index is 2.03. The van der Waals surface area contributed by atoms with Gasteiger partial charge >= 0.3 is 0 Å². The molecule has 0 amide bonds. The third kappa shape index (κ3) is 3.30. The summed E-state index contributed by atoms with van der Waals surface area (Å²) >= 11 is 0. The Kier molecular flexibility index (Phi) is 4.97. The molecule has 7 nitrogen and oxygen atoms in total. The third-order valence-electron chi connectivity index (χ3n) is 4.62. The van der Waals surface area contributed by atoms with Crippen LogP contribution in [0, 0.1) is 10.1 Å². The van der Waals surface area contributed by atoms with E-state index in [2.05, 4.69) is 0 Å². The Morgan fingerprint density at radius 1 is 1.15 bits per heavy atom. The molecule has 1 aliphatic rings. The second-order valence-electron chi connectivity index (χ2n) is 6.49. The molecule has 0 spiro atoms. The fourth-order valence-electron chi connectivity index (χ4n) is 3.32. The van der Waals surface area contributed by atoms with Crippen LogP contribution >= 0.6 is 0 Å². The Morgan fingerprint density at radius 3 is 2.58 bits per heavy atom. The Labute approximate surface area is 153 Å². The Hall–Kier alpha value is -2.45. The normalized spacial score (nSPS) is 18.0. The number of nitro groups is 1. The first-order valence-corrected chi connectivity index (χ1v) is 9.79. The third-order valence-corrected chi connectivity index (χ3v) is 6.58. The van der Waals surface area contributed by atoms with Crippen LogP contribution in [0.15, 0.2) is 53.4 Å². The molecule has 1 aliphatic heterocycles. The van der Waals surface area contributed by atoms with Crippen molar-refractivity contribution < 1.29 is 13.3 Å². The average Bonchev–Trinajstić information content (AvgIpc) is 3.12. The van der Waals surface area contributed by atoms with Gasteiger partial charge in [0.15, 0.2) is 4.90 Å². The lowest BCUT2D eigenvalue weighted by Crippen LogP contribution is -2.31. The van der Waals surface area contributed by atoms with Gasteiger partial charge in [-0.05, 0) is 36.6 Å². The summed E-state index contributed by atoms with van der Waals surface area (Å²) in [5.41, 5.74) is 1.49. The van der Waals surface area contributed by atoms with Crippen LogP contribution in [0.25, 0.3) is 0 Å². The summed E-state index contributed by atoms with van der Waals surface area (Å²) in [5.74, 6) is 0. The zero-order valence-electron chi connectivity index (χ0n) is 14.7. The van der Waals surface area contributed by atoms with Crippen molar-refractivity contribution in [3.05, 3.63) is 64.2 Å². The van der Waals surface area contributed by atoms with E-state index in [1.807, 2.05) is 43.3 Å². The highest BCUT2D eigenvalue weighted by atomic mass is 32.2.